The SMILES string of the molecule is CCCCCCCCCCCCCCCCNc1ccc(C(=O)O)c(OCCCCCCCCCCCCCCCC)c1. The summed E-state index contributed by atoms with van der Waals surface area (Å²) in [5.74, 6) is -0.428. The lowest BCUT2D eigenvalue weighted by molar-refractivity contribution is 0.0692. The molecule has 1 rings (SSSR count). The lowest BCUT2D eigenvalue weighted by Crippen LogP contribution is -2.07. The summed E-state index contributed by atoms with van der Waals surface area (Å²) in [6.45, 7) is 6.07. The molecule has 0 fully saturated rings. The van der Waals surface area contributed by atoms with E-state index in [1.807, 2.05) is 12.1 Å². The molecule has 0 heterocycles. The molecule has 0 aromatic heterocycles. The van der Waals surface area contributed by atoms with Crippen molar-refractivity contribution in [3.8, 4) is 5.75 Å². The van der Waals surface area contributed by atoms with E-state index in [-0.39, 0.29) is 5.56 Å². The molecule has 0 saturated heterocycles. The maximum atomic E-state index is 11.7. The average molecular weight is 602 g/mol. The Morgan fingerprint density at radius 1 is 0.558 bits per heavy atom. The Kier molecular flexibility index (Phi) is 27.7. The van der Waals surface area contributed by atoms with Gasteiger partial charge in [0.2, 0.25) is 0 Å². The predicted molar refractivity (Wildman–Crippen MR) is 188 cm³/mol. The third-order valence-electron chi connectivity index (χ3n) is 8.83. The van der Waals surface area contributed by atoms with Gasteiger partial charge < -0.3 is 15.2 Å². The van der Waals surface area contributed by atoms with Gasteiger partial charge in [-0.05, 0) is 25.0 Å². The fourth-order valence-electron chi connectivity index (χ4n) is 5.96. The number of hydrogen-bond acceptors (Lipinski definition) is 3. The first-order valence-electron chi connectivity index (χ1n) is 18.9. The Bertz CT molecular complexity index is 750. The first-order chi connectivity index (χ1) is 21.2. The van der Waals surface area contributed by atoms with Crippen LogP contribution in [0.1, 0.15) is 204 Å². The number of carboxylic acid groups (broad SMARTS) is 1. The summed E-state index contributed by atoms with van der Waals surface area (Å²) in [4.78, 5) is 11.7. The maximum Gasteiger partial charge on any atom is 0.339 e. The lowest BCUT2D eigenvalue weighted by atomic mass is 10.0. The van der Waals surface area contributed by atoms with Crippen LogP contribution in [0, 0.1) is 0 Å². The zero-order valence-corrected chi connectivity index (χ0v) is 28.7. The largest absolute Gasteiger partial charge is 0.493 e. The topological polar surface area (TPSA) is 58.6 Å². The van der Waals surface area contributed by atoms with Gasteiger partial charge in [0.1, 0.15) is 11.3 Å². The number of nitrogens with one attached hydrogen (secondary N) is 1. The molecule has 0 amide bonds. The van der Waals surface area contributed by atoms with Gasteiger partial charge in [0, 0.05) is 18.3 Å². The Morgan fingerprint density at radius 3 is 1.33 bits per heavy atom. The number of benzene rings is 1. The van der Waals surface area contributed by atoms with Crippen molar-refractivity contribution in [2.45, 2.75) is 194 Å². The van der Waals surface area contributed by atoms with E-state index in [0.29, 0.717) is 12.4 Å². The van der Waals surface area contributed by atoms with Crippen molar-refractivity contribution in [1.29, 1.82) is 0 Å². The molecule has 2 N–H and O–H groups in total. The van der Waals surface area contributed by atoms with Crippen LogP contribution in [0.4, 0.5) is 5.69 Å². The highest BCUT2D eigenvalue weighted by molar-refractivity contribution is 5.91. The second-order valence-corrected chi connectivity index (χ2v) is 13.0. The van der Waals surface area contributed by atoms with Gasteiger partial charge in [-0.2, -0.15) is 0 Å². The molecule has 0 bridgehead atoms. The molecule has 0 aliphatic carbocycles. The average Bonchev–Trinajstić information content (AvgIpc) is 3.01. The standard InChI is InChI=1S/C39H71NO3/c1-3-5-7-9-11-13-15-17-19-21-23-25-27-29-33-40-36-31-32-37(39(41)42)38(35-36)43-34-30-28-26-24-22-20-18-16-14-12-10-8-6-4-2/h31-32,35,40H,3-30,33-34H2,1-2H3,(H,41,42). The fraction of sp³-hybridized carbons (Fsp3) is 0.821. The molecular weight excluding hydrogens is 530 g/mol. The van der Waals surface area contributed by atoms with Crippen molar-refractivity contribution in [1.82, 2.24) is 0 Å². The van der Waals surface area contributed by atoms with E-state index in [0.717, 1.165) is 31.5 Å². The summed E-state index contributed by atoms with van der Waals surface area (Å²) in [7, 11) is 0. The molecular formula is C39H71NO3. The van der Waals surface area contributed by atoms with Gasteiger partial charge in [-0.3, -0.25) is 0 Å². The van der Waals surface area contributed by atoms with Crippen molar-refractivity contribution in [2.24, 2.45) is 0 Å². The minimum Gasteiger partial charge on any atom is -0.493 e. The Balaban J connectivity index is 2.05. The molecule has 250 valence electrons. The van der Waals surface area contributed by atoms with Crippen LogP contribution in [0.3, 0.4) is 0 Å². The van der Waals surface area contributed by atoms with Gasteiger partial charge in [0.15, 0.2) is 0 Å². The first-order valence-corrected chi connectivity index (χ1v) is 18.9. The number of hydrogen-bond donors (Lipinski definition) is 2. The number of unbranched alkanes of at least 4 members (excludes halogenated alkanes) is 26. The quantitative estimate of drug-likeness (QED) is 0.0787. The van der Waals surface area contributed by atoms with Gasteiger partial charge in [-0.15, -0.1) is 0 Å². The van der Waals surface area contributed by atoms with Gasteiger partial charge in [-0.25, -0.2) is 4.79 Å². The minimum atomic E-state index is -0.922. The highest BCUT2D eigenvalue weighted by atomic mass is 16.5. The van der Waals surface area contributed by atoms with E-state index in [9.17, 15) is 9.90 Å². The molecule has 0 aliphatic rings. The van der Waals surface area contributed by atoms with Crippen LogP contribution in [0.2, 0.25) is 0 Å². The molecule has 0 atom stereocenters. The normalized spacial score (nSPS) is 11.2. The van der Waals surface area contributed by atoms with Crippen molar-refractivity contribution in [2.75, 3.05) is 18.5 Å². The molecule has 43 heavy (non-hydrogen) atoms. The third-order valence-corrected chi connectivity index (χ3v) is 8.83. The summed E-state index contributed by atoms with van der Waals surface area (Å²) < 4.78 is 5.95. The van der Waals surface area contributed by atoms with E-state index in [1.165, 1.54) is 161 Å². The van der Waals surface area contributed by atoms with Crippen LogP contribution < -0.4 is 10.1 Å². The van der Waals surface area contributed by atoms with E-state index >= 15 is 0 Å². The second-order valence-electron chi connectivity index (χ2n) is 13.0. The van der Waals surface area contributed by atoms with Crippen molar-refractivity contribution >= 4 is 11.7 Å². The smallest absolute Gasteiger partial charge is 0.339 e. The lowest BCUT2D eigenvalue weighted by Gasteiger charge is -2.13. The number of aromatic carboxylic acids is 1. The summed E-state index contributed by atoms with van der Waals surface area (Å²) in [5, 5.41) is 13.1. The summed E-state index contributed by atoms with van der Waals surface area (Å²) in [5.41, 5.74) is 1.21. The molecule has 0 saturated carbocycles. The molecule has 1 aromatic carbocycles. The molecule has 0 aliphatic heterocycles. The monoisotopic (exact) mass is 602 g/mol. The molecule has 0 spiro atoms. The van der Waals surface area contributed by atoms with Crippen molar-refractivity contribution < 1.29 is 14.6 Å². The second kappa shape index (κ2) is 30.3. The van der Waals surface area contributed by atoms with Gasteiger partial charge in [0.05, 0.1) is 6.61 Å². The van der Waals surface area contributed by atoms with E-state index in [2.05, 4.69) is 19.2 Å². The van der Waals surface area contributed by atoms with Crippen LogP contribution in [0.15, 0.2) is 18.2 Å². The highest BCUT2D eigenvalue weighted by Crippen LogP contribution is 2.24. The maximum absolute atomic E-state index is 11.7. The van der Waals surface area contributed by atoms with Crippen LogP contribution in [0.25, 0.3) is 0 Å². The number of carboxylic acids is 1. The van der Waals surface area contributed by atoms with Crippen LogP contribution in [-0.4, -0.2) is 24.2 Å². The molecule has 1 aromatic rings. The van der Waals surface area contributed by atoms with Crippen molar-refractivity contribution in [3.05, 3.63) is 23.8 Å². The number of rotatable bonds is 33. The van der Waals surface area contributed by atoms with Gasteiger partial charge in [0.25, 0.3) is 0 Å². The Labute approximate surface area is 267 Å². The fourth-order valence-corrected chi connectivity index (χ4v) is 5.96. The summed E-state index contributed by atoms with van der Waals surface area (Å²) in [6, 6.07) is 5.42. The van der Waals surface area contributed by atoms with Gasteiger partial charge >= 0.3 is 5.97 Å². The molecule has 4 nitrogen and oxygen atoms in total. The zero-order chi connectivity index (χ0) is 31.1. The number of carbonyl (C=O) groups is 1. The zero-order valence-electron chi connectivity index (χ0n) is 28.7. The highest BCUT2D eigenvalue weighted by Gasteiger charge is 2.12. The molecule has 4 heteroatoms. The van der Waals surface area contributed by atoms with E-state index in [4.69, 9.17) is 4.74 Å². The van der Waals surface area contributed by atoms with Crippen LogP contribution in [0.5, 0.6) is 5.75 Å². The van der Waals surface area contributed by atoms with Crippen LogP contribution in [-0.2, 0) is 0 Å². The molecule has 0 radical (unpaired) electrons. The number of anilines is 1. The minimum absolute atomic E-state index is 0.257. The third kappa shape index (κ3) is 24.3. The van der Waals surface area contributed by atoms with Crippen LogP contribution >= 0.6 is 0 Å². The first kappa shape index (κ1) is 39.3. The van der Waals surface area contributed by atoms with Crippen molar-refractivity contribution in [3.63, 3.8) is 0 Å². The summed E-state index contributed by atoms with van der Waals surface area (Å²) in [6.07, 6.45) is 37.7. The van der Waals surface area contributed by atoms with Gasteiger partial charge in [-0.1, -0.05) is 181 Å². The predicted octanol–water partition coefficient (Wildman–Crippen LogP) is 13.1. The Hall–Kier alpha value is -1.71. The molecule has 0 unspecified atom stereocenters. The summed E-state index contributed by atoms with van der Waals surface area (Å²) >= 11 is 0. The Morgan fingerprint density at radius 2 is 0.930 bits per heavy atom. The van der Waals surface area contributed by atoms with E-state index < -0.39 is 5.97 Å². The number of ether oxygens (including phenoxy) is 1. The van der Waals surface area contributed by atoms with E-state index in [1.54, 1.807) is 6.07 Å².